The van der Waals surface area contributed by atoms with Crippen molar-refractivity contribution in [1.29, 1.82) is 0 Å². The Balaban J connectivity index is 2.90. The van der Waals surface area contributed by atoms with E-state index in [1.54, 1.807) is 0 Å². The molecule has 0 aromatic heterocycles. The molecule has 1 N–H and O–H groups in total. The molecule has 1 rings (SSSR count). The molecule has 0 aliphatic heterocycles. The molecule has 102 valence electrons. The van der Waals surface area contributed by atoms with E-state index in [0.29, 0.717) is 22.9 Å². The van der Waals surface area contributed by atoms with Crippen LogP contribution in [0, 0.1) is 5.92 Å². The molecule has 0 spiro atoms. The van der Waals surface area contributed by atoms with Crippen molar-refractivity contribution in [2.24, 2.45) is 5.92 Å². The van der Waals surface area contributed by atoms with Crippen LogP contribution in [0.25, 0.3) is 0 Å². The van der Waals surface area contributed by atoms with E-state index in [-0.39, 0.29) is 0 Å². The average Bonchev–Trinajstić information content (AvgIpc) is 2.28. The van der Waals surface area contributed by atoms with E-state index < -0.39 is 0 Å². The summed E-state index contributed by atoms with van der Waals surface area (Å²) in [6, 6.07) is 6.21. The number of hydrogen-bond donors (Lipinski definition) is 1. The molecular formula is C15H23Cl2N. The second-order valence-corrected chi connectivity index (χ2v) is 6.02. The van der Waals surface area contributed by atoms with Crippen molar-refractivity contribution in [3.05, 3.63) is 33.8 Å². The van der Waals surface area contributed by atoms with Crippen molar-refractivity contribution < 1.29 is 0 Å². The lowest BCUT2D eigenvalue weighted by molar-refractivity contribution is 0.354. The number of nitrogens with one attached hydrogen (secondary N) is 1. The van der Waals surface area contributed by atoms with Gasteiger partial charge in [0.05, 0.1) is 0 Å². The fourth-order valence-corrected chi connectivity index (χ4v) is 2.95. The van der Waals surface area contributed by atoms with Gasteiger partial charge in [0.2, 0.25) is 0 Å². The first-order valence-electron chi connectivity index (χ1n) is 6.65. The summed E-state index contributed by atoms with van der Waals surface area (Å²) in [6.45, 7) is 9.94. The van der Waals surface area contributed by atoms with Crippen LogP contribution >= 0.6 is 23.2 Å². The summed E-state index contributed by atoms with van der Waals surface area (Å²) in [5, 5.41) is 5.07. The molecule has 2 unspecified atom stereocenters. The molecule has 0 saturated carbocycles. The number of rotatable bonds is 6. The van der Waals surface area contributed by atoms with Crippen LogP contribution in [0.3, 0.4) is 0 Å². The zero-order valence-electron chi connectivity index (χ0n) is 11.6. The van der Waals surface area contributed by atoms with Crippen LogP contribution in [0.4, 0.5) is 0 Å². The molecule has 0 bridgehead atoms. The maximum absolute atomic E-state index is 6.29. The number of halogens is 2. The summed E-state index contributed by atoms with van der Waals surface area (Å²) in [6.07, 6.45) is 1.14. The molecule has 3 heteroatoms. The van der Waals surface area contributed by atoms with Crippen molar-refractivity contribution in [2.75, 3.05) is 6.54 Å². The second kappa shape index (κ2) is 7.37. The van der Waals surface area contributed by atoms with Crippen molar-refractivity contribution >= 4 is 23.2 Å². The van der Waals surface area contributed by atoms with Crippen LogP contribution in [0.2, 0.25) is 10.0 Å². The molecule has 0 heterocycles. The number of benzene rings is 1. The first-order chi connectivity index (χ1) is 8.47. The lowest BCUT2D eigenvalue weighted by Crippen LogP contribution is -2.38. The van der Waals surface area contributed by atoms with Gasteiger partial charge in [-0.2, -0.15) is 0 Å². The molecule has 0 amide bonds. The molecule has 0 aliphatic rings. The van der Waals surface area contributed by atoms with Gasteiger partial charge >= 0.3 is 0 Å². The fraction of sp³-hybridized carbons (Fsp3) is 0.600. The highest BCUT2D eigenvalue weighted by Crippen LogP contribution is 2.31. The van der Waals surface area contributed by atoms with Crippen LogP contribution in [0.1, 0.15) is 45.6 Å². The predicted molar refractivity (Wildman–Crippen MR) is 81.8 cm³/mol. The van der Waals surface area contributed by atoms with Gasteiger partial charge in [-0.25, -0.2) is 0 Å². The molecule has 0 radical (unpaired) electrons. The molecule has 18 heavy (non-hydrogen) atoms. The van der Waals surface area contributed by atoms with Gasteiger partial charge in [0.15, 0.2) is 0 Å². The largest absolute Gasteiger partial charge is 0.313 e. The summed E-state index contributed by atoms with van der Waals surface area (Å²) in [7, 11) is 0. The first-order valence-corrected chi connectivity index (χ1v) is 7.41. The Labute approximate surface area is 121 Å². The monoisotopic (exact) mass is 287 g/mol. The van der Waals surface area contributed by atoms with Gasteiger partial charge in [0.1, 0.15) is 0 Å². The van der Waals surface area contributed by atoms with Gasteiger partial charge in [-0.1, -0.05) is 57.0 Å². The molecule has 1 aromatic carbocycles. The Hall–Kier alpha value is -0.240. The summed E-state index contributed by atoms with van der Waals surface area (Å²) in [5.41, 5.74) is 1.17. The van der Waals surface area contributed by atoms with Crippen molar-refractivity contribution in [3.8, 4) is 0 Å². The Kier molecular flexibility index (Phi) is 6.48. The zero-order chi connectivity index (χ0) is 13.7. The van der Waals surface area contributed by atoms with E-state index in [1.165, 1.54) is 5.56 Å². The molecule has 0 saturated heterocycles. The lowest BCUT2D eigenvalue weighted by Gasteiger charge is -2.29. The van der Waals surface area contributed by atoms with Crippen LogP contribution < -0.4 is 5.32 Å². The highest BCUT2D eigenvalue weighted by Gasteiger charge is 2.23. The molecule has 0 fully saturated rings. The predicted octanol–water partition coefficient (Wildman–Crippen LogP) is 5.12. The SMILES string of the molecule is CCCNC(C(C)C)C(C)c1ccc(Cl)cc1Cl. The second-order valence-electron chi connectivity index (χ2n) is 5.18. The molecule has 1 aromatic rings. The quantitative estimate of drug-likeness (QED) is 0.766. The van der Waals surface area contributed by atoms with Crippen LogP contribution in [0.15, 0.2) is 18.2 Å². The normalized spacial score (nSPS) is 14.8. The van der Waals surface area contributed by atoms with Crippen LogP contribution in [-0.4, -0.2) is 12.6 Å². The summed E-state index contributed by atoms with van der Waals surface area (Å²) in [5.74, 6) is 0.944. The summed E-state index contributed by atoms with van der Waals surface area (Å²) in [4.78, 5) is 0. The fourth-order valence-electron chi connectivity index (χ4n) is 2.37. The minimum atomic E-state index is 0.376. The van der Waals surface area contributed by atoms with Crippen molar-refractivity contribution in [2.45, 2.75) is 46.1 Å². The Morgan fingerprint density at radius 2 is 1.83 bits per heavy atom. The Morgan fingerprint density at radius 1 is 1.17 bits per heavy atom. The Morgan fingerprint density at radius 3 is 2.33 bits per heavy atom. The van der Waals surface area contributed by atoms with E-state index >= 15 is 0 Å². The van der Waals surface area contributed by atoms with Gasteiger partial charge < -0.3 is 5.32 Å². The third kappa shape index (κ3) is 4.15. The third-order valence-electron chi connectivity index (χ3n) is 3.34. The van der Waals surface area contributed by atoms with Crippen LogP contribution in [-0.2, 0) is 0 Å². The topological polar surface area (TPSA) is 12.0 Å². The van der Waals surface area contributed by atoms with Crippen molar-refractivity contribution in [3.63, 3.8) is 0 Å². The van der Waals surface area contributed by atoms with E-state index in [0.717, 1.165) is 18.0 Å². The zero-order valence-corrected chi connectivity index (χ0v) is 13.1. The molecule has 2 atom stereocenters. The smallest absolute Gasteiger partial charge is 0.0456 e. The summed E-state index contributed by atoms with van der Waals surface area (Å²) >= 11 is 12.2. The van der Waals surface area contributed by atoms with E-state index in [2.05, 4.69) is 33.0 Å². The Bertz CT molecular complexity index is 377. The van der Waals surface area contributed by atoms with Gasteiger partial charge in [0, 0.05) is 16.1 Å². The van der Waals surface area contributed by atoms with Crippen LogP contribution in [0.5, 0.6) is 0 Å². The third-order valence-corrected chi connectivity index (χ3v) is 3.90. The van der Waals surface area contributed by atoms with E-state index in [9.17, 15) is 0 Å². The van der Waals surface area contributed by atoms with Gasteiger partial charge in [-0.3, -0.25) is 0 Å². The highest BCUT2D eigenvalue weighted by atomic mass is 35.5. The molecular weight excluding hydrogens is 265 g/mol. The van der Waals surface area contributed by atoms with Gasteiger partial charge in [0.25, 0.3) is 0 Å². The molecule has 1 nitrogen and oxygen atoms in total. The maximum Gasteiger partial charge on any atom is 0.0456 e. The minimum absolute atomic E-state index is 0.376. The van der Waals surface area contributed by atoms with E-state index in [4.69, 9.17) is 23.2 Å². The van der Waals surface area contributed by atoms with Gasteiger partial charge in [-0.05, 0) is 42.5 Å². The average molecular weight is 288 g/mol. The van der Waals surface area contributed by atoms with E-state index in [1.807, 2.05) is 18.2 Å². The summed E-state index contributed by atoms with van der Waals surface area (Å²) < 4.78 is 0. The van der Waals surface area contributed by atoms with Crippen molar-refractivity contribution in [1.82, 2.24) is 5.32 Å². The number of hydrogen-bond acceptors (Lipinski definition) is 1. The first kappa shape index (κ1) is 15.8. The maximum atomic E-state index is 6.29. The highest BCUT2D eigenvalue weighted by molar-refractivity contribution is 6.35. The standard InChI is InChI=1S/C15H23Cl2N/c1-5-8-18-15(10(2)3)11(4)13-7-6-12(16)9-14(13)17/h6-7,9-11,15,18H,5,8H2,1-4H3. The molecule has 0 aliphatic carbocycles. The minimum Gasteiger partial charge on any atom is -0.313 e. The van der Waals surface area contributed by atoms with Gasteiger partial charge in [-0.15, -0.1) is 0 Å². The lowest BCUT2D eigenvalue weighted by atomic mass is 9.86.